The average molecular weight is 493 g/mol. The highest BCUT2D eigenvalue weighted by atomic mass is 32.2. The Bertz CT molecular complexity index is 1290. The van der Waals surface area contributed by atoms with Crippen LogP contribution >= 0.6 is 23.1 Å². The van der Waals surface area contributed by atoms with E-state index >= 15 is 0 Å². The molecule has 0 aliphatic carbocycles. The molecule has 0 fully saturated rings. The quantitative estimate of drug-likeness (QED) is 0.252. The topological polar surface area (TPSA) is 65.0 Å². The molecule has 0 unspecified atom stereocenters. The molecule has 1 N–H and O–H groups in total. The molecular formula is C27H24O5S2. The summed E-state index contributed by atoms with van der Waals surface area (Å²) < 4.78 is 16.4. The number of rotatable bonds is 9. The van der Waals surface area contributed by atoms with Crippen LogP contribution in [0.4, 0.5) is 0 Å². The number of aromatic carboxylic acids is 1. The standard InChI is InChI=1S/C27H24O5S2/c1-30-21-13-12-19(14-23(21)32-3)25-15-20(16-33-24-7-5-4-6-22(24)31-2)26(34-25)17-8-10-18(11-9-17)27(28)29/h4-15H,16H2,1-3H3,(H,28,29). The molecule has 0 saturated carbocycles. The maximum Gasteiger partial charge on any atom is 0.335 e. The second kappa shape index (κ2) is 10.7. The number of carboxylic acid groups (broad SMARTS) is 1. The molecule has 3 aromatic carbocycles. The van der Waals surface area contributed by atoms with Crippen LogP contribution in [0.5, 0.6) is 17.2 Å². The third-order valence-electron chi connectivity index (χ3n) is 5.32. The van der Waals surface area contributed by atoms with Gasteiger partial charge in [0.05, 0.1) is 26.9 Å². The smallest absolute Gasteiger partial charge is 0.335 e. The van der Waals surface area contributed by atoms with Crippen molar-refractivity contribution in [2.45, 2.75) is 10.6 Å². The van der Waals surface area contributed by atoms with E-state index in [0.29, 0.717) is 11.5 Å². The second-order valence-corrected chi connectivity index (χ2v) is 9.43. The van der Waals surface area contributed by atoms with E-state index in [0.717, 1.165) is 42.8 Å². The molecule has 0 bridgehead atoms. The largest absolute Gasteiger partial charge is 0.496 e. The number of thioether (sulfide) groups is 1. The predicted molar refractivity (Wildman–Crippen MR) is 138 cm³/mol. The van der Waals surface area contributed by atoms with Crippen molar-refractivity contribution in [3.63, 3.8) is 0 Å². The summed E-state index contributed by atoms with van der Waals surface area (Å²) in [5.41, 5.74) is 3.44. The van der Waals surface area contributed by atoms with Crippen molar-refractivity contribution >= 4 is 29.1 Å². The first-order valence-electron chi connectivity index (χ1n) is 10.5. The number of hydrogen-bond donors (Lipinski definition) is 1. The van der Waals surface area contributed by atoms with Crippen molar-refractivity contribution in [3.8, 4) is 38.1 Å². The Balaban J connectivity index is 1.74. The van der Waals surface area contributed by atoms with Crippen LogP contribution in [0.2, 0.25) is 0 Å². The molecule has 174 valence electrons. The normalized spacial score (nSPS) is 10.7. The number of thiophene rings is 1. The zero-order valence-electron chi connectivity index (χ0n) is 19.0. The Morgan fingerprint density at radius 3 is 2.18 bits per heavy atom. The summed E-state index contributed by atoms with van der Waals surface area (Å²) in [5, 5.41) is 9.27. The maximum absolute atomic E-state index is 11.3. The van der Waals surface area contributed by atoms with Gasteiger partial charge in [-0.15, -0.1) is 23.1 Å². The van der Waals surface area contributed by atoms with Crippen LogP contribution in [0.1, 0.15) is 15.9 Å². The van der Waals surface area contributed by atoms with E-state index in [2.05, 4.69) is 6.07 Å². The molecular weight excluding hydrogens is 468 g/mol. The molecule has 4 rings (SSSR count). The predicted octanol–water partition coefficient (Wildman–Crippen LogP) is 7.10. The summed E-state index contributed by atoms with van der Waals surface area (Å²) >= 11 is 3.38. The summed E-state index contributed by atoms with van der Waals surface area (Å²) in [6, 6.07) is 23.1. The minimum atomic E-state index is -0.935. The summed E-state index contributed by atoms with van der Waals surface area (Å²) in [4.78, 5) is 14.6. The number of carboxylic acids is 1. The fraction of sp³-hybridized carbons (Fsp3) is 0.148. The van der Waals surface area contributed by atoms with Gasteiger partial charge in [-0.25, -0.2) is 4.79 Å². The van der Waals surface area contributed by atoms with Gasteiger partial charge in [-0.05, 0) is 65.2 Å². The van der Waals surface area contributed by atoms with Gasteiger partial charge in [0.25, 0.3) is 0 Å². The van der Waals surface area contributed by atoms with E-state index in [4.69, 9.17) is 14.2 Å². The van der Waals surface area contributed by atoms with Crippen molar-refractivity contribution in [2.75, 3.05) is 21.3 Å². The maximum atomic E-state index is 11.3. The molecule has 1 heterocycles. The number of ether oxygens (including phenoxy) is 3. The fourth-order valence-electron chi connectivity index (χ4n) is 3.57. The fourth-order valence-corrected chi connectivity index (χ4v) is 5.85. The molecule has 7 heteroatoms. The van der Waals surface area contributed by atoms with Crippen molar-refractivity contribution < 1.29 is 24.1 Å². The Morgan fingerprint density at radius 1 is 0.824 bits per heavy atom. The van der Waals surface area contributed by atoms with Crippen LogP contribution in [0, 0.1) is 0 Å². The van der Waals surface area contributed by atoms with Crippen LogP contribution in [0.25, 0.3) is 20.9 Å². The van der Waals surface area contributed by atoms with Gasteiger partial charge in [-0.2, -0.15) is 0 Å². The first kappa shape index (κ1) is 23.7. The molecule has 0 aliphatic rings. The highest BCUT2D eigenvalue weighted by molar-refractivity contribution is 7.98. The van der Waals surface area contributed by atoms with Crippen LogP contribution in [-0.4, -0.2) is 32.4 Å². The van der Waals surface area contributed by atoms with E-state index in [1.54, 1.807) is 56.6 Å². The Hall–Kier alpha value is -3.42. The lowest BCUT2D eigenvalue weighted by Crippen LogP contribution is -1.95. The zero-order valence-corrected chi connectivity index (χ0v) is 20.7. The van der Waals surface area contributed by atoms with Crippen molar-refractivity contribution in [2.24, 2.45) is 0 Å². The molecule has 0 spiro atoms. The zero-order chi connectivity index (χ0) is 24.1. The van der Waals surface area contributed by atoms with Crippen LogP contribution in [0.15, 0.2) is 77.7 Å². The van der Waals surface area contributed by atoms with Gasteiger partial charge in [0.2, 0.25) is 0 Å². The Morgan fingerprint density at radius 2 is 1.50 bits per heavy atom. The number of methoxy groups -OCH3 is 3. The number of para-hydroxylation sites is 1. The monoisotopic (exact) mass is 492 g/mol. The lowest BCUT2D eigenvalue weighted by Gasteiger charge is -2.08. The summed E-state index contributed by atoms with van der Waals surface area (Å²) in [6.07, 6.45) is 0. The molecule has 5 nitrogen and oxygen atoms in total. The minimum absolute atomic E-state index is 0.269. The highest BCUT2D eigenvalue weighted by Crippen LogP contribution is 2.43. The van der Waals surface area contributed by atoms with E-state index in [1.165, 1.54) is 0 Å². The van der Waals surface area contributed by atoms with E-state index in [9.17, 15) is 9.90 Å². The lowest BCUT2D eigenvalue weighted by atomic mass is 10.1. The van der Waals surface area contributed by atoms with Gasteiger partial charge in [-0.1, -0.05) is 24.3 Å². The van der Waals surface area contributed by atoms with Crippen LogP contribution in [-0.2, 0) is 5.75 Å². The first-order chi connectivity index (χ1) is 16.5. The number of benzene rings is 3. The lowest BCUT2D eigenvalue weighted by molar-refractivity contribution is 0.0697. The molecule has 4 aromatic rings. The van der Waals surface area contributed by atoms with E-state index in [1.807, 2.05) is 54.6 Å². The third kappa shape index (κ3) is 5.05. The second-order valence-electron chi connectivity index (χ2n) is 7.36. The van der Waals surface area contributed by atoms with Gasteiger partial charge in [0, 0.05) is 20.4 Å². The average Bonchev–Trinajstić information content (AvgIpc) is 3.31. The Kier molecular flexibility index (Phi) is 7.45. The molecule has 1 aromatic heterocycles. The van der Waals surface area contributed by atoms with Gasteiger partial charge in [0.1, 0.15) is 5.75 Å². The Labute approximate surface area is 206 Å². The summed E-state index contributed by atoms with van der Waals surface area (Å²) in [6.45, 7) is 0. The molecule has 0 radical (unpaired) electrons. The van der Waals surface area contributed by atoms with E-state index < -0.39 is 5.97 Å². The van der Waals surface area contributed by atoms with Gasteiger partial charge >= 0.3 is 5.97 Å². The minimum Gasteiger partial charge on any atom is -0.496 e. The molecule has 0 atom stereocenters. The summed E-state index contributed by atoms with van der Waals surface area (Å²) in [7, 11) is 4.92. The highest BCUT2D eigenvalue weighted by Gasteiger charge is 2.16. The summed E-state index contributed by atoms with van der Waals surface area (Å²) in [5.74, 6) is 2.00. The van der Waals surface area contributed by atoms with E-state index in [-0.39, 0.29) is 5.56 Å². The van der Waals surface area contributed by atoms with Crippen molar-refractivity contribution in [1.29, 1.82) is 0 Å². The third-order valence-corrected chi connectivity index (χ3v) is 7.70. The van der Waals surface area contributed by atoms with Gasteiger partial charge in [0.15, 0.2) is 11.5 Å². The molecule has 34 heavy (non-hydrogen) atoms. The van der Waals surface area contributed by atoms with Crippen molar-refractivity contribution in [1.82, 2.24) is 0 Å². The molecule has 0 amide bonds. The first-order valence-corrected chi connectivity index (χ1v) is 12.3. The van der Waals surface area contributed by atoms with Crippen molar-refractivity contribution in [3.05, 3.63) is 83.9 Å². The molecule has 0 aliphatic heterocycles. The number of carbonyl (C=O) groups is 1. The molecule has 0 saturated heterocycles. The van der Waals surface area contributed by atoms with Crippen LogP contribution < -0.4 is 14.2 Å². The van der Waals surface area contributed by atoms with Crippen LogP contribution in [0.3, 0.4) is 0 Å². The van der Waals surface area contributed by atoms with Gasteiger partial charge in [-0.3, -0.25) is 0 Å². The SMILES string of the molecule is COc1ccc(-c2cc(CSc3ccccc3OC)c(-c3ccc(C(=O)O)cc3)s2)cc1OC. The number of hydrogen-bond acceptors (Lipinski definition) is 6. The van der Waals surface area contributed by atoms with Gasteiger partial charge < -0.3 is 19.3 Å².